The summed E-state index contributed by atoms with van der Waals surface area (Å²) < 4.78 is 38.2. The molecule has 3 rings (SSSR count). The molecule has 5 nitrogen and oxygen atoms in total. The molecule has 1 heterocycles. The van der Waals surface area contributed by atoms with Gasteiger partial charge in [-0.1, -0.05) is 35.9 Å². The maximum atomic E-state index is 13.0. The Morgan fingerprint density at radius 2 is 1.81 bits per heavy atom. The Morgan fingerprint density at radius 3 is 2.48 bits per heavy atom. The molecule has 144 valence electrons. The zero-order valence-corrected chi connectivity index (χ0v) is 16.7. The smallest absolute Gasteiger partial charge is 0.236 e. The van der Waals surface area contributed by atoms with E-state index >= 15 is 0 Å². The Bertz CT molecular complexity index is 920. The van der Waals surface area contributed by atoms with Gasteiger partial charge in [-0.15, -0.1) is 0 Å². The molecule has 1 atom stereocenters. The van der Waals surface area contributed by atoms with Gasteiger partial charge in [0, 0.05) is 23.6 Å². The van der Waals surface area contributed by atoms with Crippen molar-refractivity contribution < 1.29 is 17.9 Å². The molecule has 1 saturated heterocycles. The molecule has 0 radical (unpaired) electrons. The van der Waals surface area contributed by atoms with Crippen molar-refractivity contribution >= 4 is 16.1 Å². The van der Waals surface area contributed by atoms with Crippen molar-refractivity contribution in [2.24, 2.45) is 0 Å². The second kappa shape index (κ2) is 8.15. The minimum atomic E-state index is -3.54. The van der Waals surface area contributed by atoms with Gasteiger partial charge in [0.25, 0.3) is 0 Å². The van der Waals surface area contributed by atoms with Crippen LogP contribution in [0.3, 0.4) is 0 Å². The minimum absolute atomic E-state index is 0.237. The molecule has 0 N–H and O–H groups in total. The average Bonchev–Trinajstić information content (AvgIpc) is 3.17. The lowest BCUT2D eigenvalue weighted by molar-refractivity contribution is 0.363. The second-order valence-electron chi connectivity index (χ2n) is 6.64. The molecule has 2 aromatic rings. The van der Waals surface area contributed by atoms with Gasteiger partial charge in [-0.25, -0.2) is 8.42 Å². The SMILES string of the molecule is COc1ccc(C2CCCN2S(=O)(=O)/C=C/c2ccc(C)cc2)c(OC)c1. The van der Waals surface area contributed by atoms with Gasteiger partial charge < -0.3 is 9.47 Å². The molecule has 0 spiro atoms. The predicted octanol–water partition coefficient (Wildman–Crippen LogP) is 4.15. The van der Waals surface area contributed by atoms with Gasteiger partial charge in [0.05, 0.1) is 20.3 Å². The van der Waals surface area contributed by atoms with Gasteiger partial charge in [-0.3, -0.25) is 0 Å². The molecule has 1 aliphatic heterocycles. The van der Waals surface area contributed by atoms with Crippen LogP contribution in [0.5, 0.6) is 11.5 Å². The Balaban J connectivity index is 1.88. The van der Waals surface area contributed by atoms with E-state index in [0.29, 0.717) is 18.0 Å². The zero-order chi connectivity index (χ0) is 19.4. The number of ether oxygens (including phenoxy) is 2. The van der Waals surface area contributed by atoms with Gasteiger partial charge in [0.2, 0.25) is 10.0 Å². The summed E-state index contributed by atoms with van der Waals surface area (Å²) >= 11 is 0. The topological polar surface area (TPSA) is 55.8 Å². The summed E-state index contributed by atoms with van der Waals surface area (Å²) in [6.45, 7) is 2.50. The van der Waals surface area contributed by atoms with E-state index in [1.165, 1.54) is 5.41 Å². The number of benzene rings is 2. The van der Waals surface area contributed by atoms with Crippen LogP contribution in [0.2, 0.25) is 0 Å². The van der Waals surface area contributed by atoms with E-state index in [9.17, 15) is 8.42 Å². The Kier molecular flexibility index (Phi) is 5.87. The first-order valence-corrected chi connectivity index (χ1v) is 10.4. The summed E-state index contributed by atoms with van der Waals surface area (Å²) in [4.78, 5) is 0. The molecule has 0 amide bonds. The molecule has 0 bridgehead atoms. The van der Waals surface area contributed by atoms with Gasteiger partial charge in [0.1, 0.15) is 11.5 Å². The van der Waals surface area contributed by atoms with Crippen molar-refractivity contribution in [3.63, 3.8) is 0 Å². The summed E-state index contributed by atoms with van der Waals surface area (Å²) in [5.41, 5.74) is 2.87. The van der Waals surface area contributed by atoms with Crippen molar-refractivity contribution in [1.29, 1.82) is 0 Å². The van der Waals surface area contributed by atoms with Gasteiger partial charge in [-0.2, -0.15) is 4.31 Å². The van der Waals surface area contributed by atoms with Crippen LogP contribution in [-0.2, 0) is 10.0 Å². The van der Waals surface area contributed by atoms with Crippen molar-refractivity contribution in [2.75, 3.05) is 20.8 Å². The summed E-state index contributed by atoms with van der Waals surface area (Å²) in [7, 11) is -0.360. The van der Waals surface area contributed by atoms with E-state index in [1.54, 1.807) is 30.7 Å². The van der Waals surface area contributed by atoms with Gasteiger partial charge in [0.15, 0.2) is 0 Å². The first-order chi connectivity index (χ1) is 12.9. The standard InChI is InChI=1S/C21H25NO4S/c1-16-6-8-17(9-7-16)12-14-27(23,24)22-13-4-5-20(22)19-11-10-18(25-2)15-21(19)26-3/h6-12,14-15,20H,4-5,13H2,1-3H3/b14-12+. The molecule has 27 heavy (non-hydrogen) atoms. The number of hydrogen-bond acceptors (Lipinski definition) is 4. The zero-order valence-electron chi connectivity index (χ0n) is 15.9. The molecule has 0 saturated carbocycles. The lowest BCUT2D eigenvalue weighted by atomic mass is 10.0. The lowest BCUT2D eigenvalue weighted by Gasteiger charge is -2.24. The van der Waals surface area contributed by atoms with Gasteiger partial charge >= 0.3 is 0 Å². The maximum absolute atomic E-state index is 13.0. The van der Waals surface area contributed by atoms with E-state index < -0.39 is 10.0 Å². The number of nitrogens with zero attached hydrogens (tertiary/aromatic N) is 1. The Hall–Kier alpha value is -2.31. The summed E-state index contributed by atoms with van der Waals surface area (Å²) in [6, 6.07) is 13.0. The molecule has 1 fully saturated rings. The molecular formula is C21H25NO4S. The quantitative estimate of drug-likeness (QED) is 0.747. The fraction of sp³-hybridized carbons (Fsp3) is 0.333. The highest BCUT2D eigenvalue weighted by molar-refractivity contribution is 7.92. The third kappa shape index (κ3) is 4.34. The summed E-state index contributed by atoms with van der Waals surface area (Å²) in [5.74, 6) is 1.33. The van der Waals surface area contributed by atoms with E-state index in [2.05, 4.69) is 0 Å². The van der Waals surface area contributed by atoms with E-state index in [-0.39, 0.29) is 6.04 Å². The molecule has 0 aromatic heterocycles. The van der Waals surface area contributed by atoms with Crippen LogP contribution < -0.4 is 9.47 Å². The Morgan fingerprint density at radius 1 is 1.07 bits per heavy atom. The van der Waals surface area contributed by atoms with E-state index in [4.69, 9.17) is 9.47 Å². The fourth-order valence-electron chi connectivity index (χ4n) is 3.37. The first-order valence-electron chi connectivity index (χ1n) is 8.93. The van der Waals surface area contributed by atoms with Crippen molar-refractivity contribution in [2.45, 2.75) is 25.8 Å². The number of sulfonamides is 1. The summed E-state index contributed by atoms with van der Waals surface area (Å²) in [6.07, 6.45) is 3.23. The van der Waals surface area contributed by atoms with Crippen LogP contribution in [-0.4, -0.2) is 33.5 Å². The number of aryl methyl sites for hydroxylation is 1. The highest BCUT2D eigenvalue weighted by Crippen LogP contribution is 2.40. The predicted molar refractivity (Wildman–Crippen MR) is 107 cm³/mol. The van der Waals surface area contributed by atoms with Gasteiger partial charge in [-0.05, 0) is 37.5 Å². The Labute approximate surface area is 161 Å². The molecule has 2 aromatic carbocycles. The molecule has 1 aliphatic rings. The minimum Gasteiger partial charge on any atom is -0.497 e. The van der Waals surface area contributed by atoms with Crippen LogP contribution in [0.15, 0.2) is 47.9 Å². The third-order valence-corrected chi connectivity index (χ3v) is 6.41. The van der Waals surface area contributed by atoms with Crippen LogP contribution in [0.1, 0.15) is 35.6 Å². The monoisotopic (exact) mass is 387 g/mol. The van der Waals surface area contributed by atoms with Crippen LogP contribution in [0.25, 0.3) is 6.08 Å². The largest absolute Gasteiger partial charge is 0.497 e. The van der Waals surface area contributed by atoms with Crippen molar-refractivity contribution in [1.82, 2.24) is 4.31 Å². The molecular weight excluding hydrogens is 362 g/mol. The van der Waals surface area contributed by atoms with Crippen LogP contribution in [0.4, 0.5) is 0 Å². The fourth-order valence-corrected chi connectivity index (χ4v) is 4.81. The van der Waals surface area contributed by atoms with E-state index in [1.807, 2.05) is 43.3 Å². The summed E-state index contributed by atoms with van der Waals surface area (Å²) in [5, 5.41) is 1.30. The average molecular weight is 388 g/mol. The maximum Gasteiger partial charge on any atom is 0.236 e. The number of methoxy groups -OCH3 is 2. The lowest BCUT2D eigenvalue weighted by Crippen LogP contribution is -2.29. The van der Waals surface area contributed by atoms with Crippen LogP contribution in [0, 0.1) is 6.92 Å². The van der Waals surface area contributed by atoms with E-state index in [0.717, 1.165) is 29.5 Å². The van der Waals surface area contributed by atoms with Crippen LogP contribution >= 0.6 is 0 Å². The van der Waals surface area contributed by atoms with Crippen molar-refractivity contribution in [3.05, 3.63) is 64.6 Å². The normalized spacial score (nSPS) is 18.1. The first kappa shape index (κ1) is 19.5. The highest BCUT2D eigenvalue weighted by Gasteiger charge is 2.35. The second-order valence-corrected chi connectivity index (χ2v) is 8.41. The third-order valence-electron chi connectivity index (χ3n) is 4.84. The van der Waals surface area contributed by atoms with Crippen molar-refractivity contribution in [3.8, 4) is 11.5 Å². The molecule has 1 unspecified atom stereocenters. The highest BCUT2D eigenvalue weighted by atomic mass is 32.2. The number of hydrogen-bond donors (Lipinski definition) is 0. The molecule has 6 heteroatoms. The number of rotatable bonds is 6. The molecule has 0 aliphatic carbocycles.